The highest BCUT2D eigenvalue weighted by Gasteiger charge is 2.18. The summed E-state index contributed by atoms with van der Waals surface area (Å²) in [5, 5.41) is 6.47. The number of rotatable bonds is 3. The molecule has 0 atom stereocenters. The molecule has 1 aliphatic rings. The zero-order valence-corrected chi connectivity index (χ0v) is 13.0. The number of hydrogen-bond donors (Lipinski definition) is 3. The maximum absolute atomic E-state index is 12.6. The van der Waals surface area contributed by atoms with Gasteiger partial charge in [0, 0.05) is 34.5 Å². The fourth-order valence-electron chi connectivity index (χ4n) is 2.91. The fourth-order valence-corrected chi connectivity index (χ4v) is 2.91. The van der Waals surface area contributed by atoms with Crippen molar-refractivity contribution in [3.05, 3.63) is 53.7 Å². The molecule has 6 heteroatoms. The molecule has 0 bridgehead atoms. The van der Waals surface area contributed by atoms with Gasteiger partial charge in [-0.1, -0.05) is 6.07 Å². The number of fused-ring (bicyclic) bond motifs is 2. The number of methoxy groups -OCH3 is 1. The maximum atomic E-state index is 12.6. The monoisotopic (exact) mass is 321 g/mol. The minimum absolute atomic E-state index is 0.0287. The summed E-state index contributed by atoms with van der Waals surface area (Å²) in [5.41, 5.74) is 3.72. The average Bonchev–Trinajstić information content (AvgIpc) is 3.15. The molecular formula is C18H15N3O3. The first-order chi connectivity index (χ1) is 11.6. The maximum Gasteiger partial charge on any atom is 0.257 e. The molecule has 3 N–H and O–H groups in total. The number of carbonyl (C=O) groups excluding carboxylic acids is 2. The number of ether oxygens (including phenoxy) is 1. The molecule has 1 aromatic heterocycles. The number of hydrogen-bond acceptors (Lipinski definition) is 3. The topological polar surface area (TPSA) is 83.2 Å². The Balaban J connectivity index is 1.61. The van der Waals surface area contributed by atoms with Crippen LogP contribution in [-0.2, 0) is 11.2 Å². The zero-order valence-electron chi connectivity index (χ0n) is 13.0. The van der Waals surface area contributed by atoms with Crippen LogP contribution in [0.5, 0.6) is 5.75 Å². The second-order valence-corrected chi connectivity index (χ2v) is 5.66. The lowest BCUT2D eigenvalue weighted by Gasteiger charge is -2.07. The normalized spacial score (nSPS) is 12.8. The Bertz CT molecular complexity index is 975. The summed E-state index contributed by atoms with van der Waals surface area (Å²) in [4.78, 5) is 27.0. The molecule has 0 saturated carbocycles. The Hall–Kier alpha value is -3.28. The first kappa shape index (κ1) is 14.3. The van der Waals surface area contributed by atoms with E-state index < -0.39 is 0 Å². The third-order valence-electron chi connectivity index (χ3n) is 4.13. The molecule has 6 nitrogen and oxygen atoms in total. The van der Waals surface area contributed by atoms with Gasteiger partial charge in [0.15, 0.2) is 0 Å². The van der Waals surface area contributed by atoms with E-state index in [4.69, 9.17) is 4.74 Å². The molecule has 24 heavy (non-hydrogen) atoms. The van der Waals surface area contributed by atoms with Gasteiger partial charge in [-0.15, -0.1) is 0 Å². The van der Waals surface area contributed by atoms with Crippen LogP contribution in [0.2, 0.25) is 0 Å². The highest BCUT2D eigenvalue weighted by Crippen LogP contribution is 2.28. The summed E-state index contributed by atoms with van der Waals surface area (Å²) in [6.45, 7) is 0. The average molecular weight is 321 g/mol. The number of H-pyrrole nitrogens is 1. The summed E-state index contributed by atoms with van der Waals surface area (Å²) in [5.74, 6) is 0.486. The van der Waals surface area contributed by atoms with Gasteiger partial charge in [0.1, 0.15) is 5.75 Å². The van der Waals surface area contributed by atoms with Crippen molar-refractivity contribution in [2.45, 2.75) is 6.42 Å². The SMILES string of the molecule is COc1ccc2c(C(=O)Nc3ccc4c(c3)NC(=O)C4)c[nH]c2c1. The lowest BCUT2D eigenvalue weighted by atomic mass is 10.1. The van der Waals surface area contributed by atoms with Gasteiger partial charge in [0.2, 0.25) is 5.91 Å². The van der Waals surface area contributed by atoms with Crippen molar-refractivity contribution in [3.63, 3.8) is 0 Å². The van der Waals surface area contributed by atoms with E-state index >= 15 is 0 Å². The van der Waals surface area contributed by atoms with Crippen molar-refractivity contribution in [3.8, 4) is 5.75 Å². The number of anilines is 2. The number of carbonyl (C=O) groups is 2. The third kappa shape index (κ3) is 2.38. The number of aromatic amines is 1. The first-order valence-electron chi connectivity index (χ1n) is 7.53. The molecule has 2 aromatic carbocycles. The highest BCUT2D eigenvalue weighted by atomic mass is 16.5. The quantitative estimate of drug-likeness (QED) is 0.693. The Labute approximate surface area is 137 Å². The minimum atomic E-state index is -0.212. The molecule has 0 saturated heterocycles. The van der Waals surface area contributed by atoms with E-state index in [1.165, 1.54) is 0 Å². The fraction of sp³-hybridized carbons (Fsp3) is 0.111. The van der Waals surface area contributed by atoms with Gasteiger partial charge >= 0.3 is 0 Å². The van der Waals surface area contributed by atoms with Gasteiger partial charge in [0.25, 0.3) is 5.91 Å². The van der Waals surface area contributed by atoms with E-state index in [1.807, 2.05) is 24.3 Å². The van der Waals surface area contributed by atoms with Crippen LogP contribution in [0.25, 0.3) is 10.9 Å². The molecule has 1 aliphatic heterocycles. The molecule has 0 fully saturated rings. The van der Waals surface area contributed by atoms with E-state index in [0.29, 0.717) is 17.7 Å². The van der Waals surface area contributed by atoms with E-state index in [1.54, 1.807) is 25.4 Å². The van der Waals surface area contributed by atoms with Crippen molar-refractivity contribution >= 4 is 34.1 Å². The van der Waals surface area contributed by atoms with Crippen LogP contribution in [0.4, 0.5) is 11.4 Å². The lowest BCUT2D eigenvalue weighted by molar-refractivity contribution is -0.115. The Morgan fingerprint density at radius 2 is 2.08 bits per heavy atom. The number of aromatic nitrogens is 1. The van der Waals surface area contributed by atoms with Crippen LogP contribution in [0, 0.1) is 0 Å². The molecule has 0 aliphatic carbocycles. The molecule has 120 valence electrons. The van der Waals surface area contributed by atoms with E-state index in [2.05, 4.69) is 15.6 Å². The van der Waals surface area contributed by atoms with Crippen LogP contribution in [0.1, 0.15) is 15.9 Å². The van der Waals surface area contributed by atoms with E-state index in [-0.39, 0.29) is 11.8 Å². The van der Waals surface area contributed by atoms with Crippen LogP contribution in [0.15, 0.2) is 42.6 Å². The van der Waals surface area contributed by atoms with Crippen molar-refractivity contribution in [1.82, 2.24) is 4.98 Å². The smallest absolute Gasteiger partial charge is 0.257 e. The van der Waals surface area contributed by atoms with Gasteiger partial charge in [0.05, 0.1) is 19.1 Å². The van der Waals surface area contributed by atoms with Gasteiger partial charge in [-0.25, -0.2) is 0 Å². The van der Waals surface area contributed by atoms with Crippen LogP contribution in [-0.4, -0.2) is 23.9 Å². The summed E-state index contributed by atoms with van der Waals surface area (Å²) in [7, 11) is 1.60. The molecule has 0 radical (unpaired) electrons. The highest BCUT2D eigenvalue weighted by molar-refractivity contribution is 6.13. The zero-order chi connectivity index (χ0) is 16.7. The molecule has 0 spiro atoms. The summed E-state index contributed by atoms with van der Waals surface area (Å²) in [6.07, 6.45) is 2.06. The van der Waals surface area contributed by atoms with Crippen LogP contribution < -0.4 is 15.4 Å². The summed E-state index contributed by atoms with van der Waals surface area (Å²) in [6, 6.07) is 10.9. The molecule has 2 heterocycles. The van der Waals surface area contributed by atoms with Crippen molar-refractivity contribution in [1.29, 1.82) is 0 Å². The molecule has 3 aromatic rings. The number of benzene rings is 2. The standard InChI is InChI=1S/C18H15N3O3/c1-24-12-4-5-13-14(9-19-16(13)8-12)18(23)20-11-3-2-10-6-17(22)21-15(10)7-11/h2-5,7-9,19H,6H2,1H3,(H,20,23)(H,21,22). The molecule has 2 amide bonds. The minimum Gasteiger partial charge on any atom is -0.497 e. The molecule has 4 rings (SSSR count). The van der Waals surface area contributed by atoms with E-state index in [0.717, 1.165) is 27.9 Å². The van der Waals surface area contributed by atoms with Crippen LogP contribution >= 0.6 is 0 Å². The van der Waals surface area contributed by atoms with Crippen molar-refractivity contribution in [2.75, 3.05) is 17.7 Å². The number of nitrogens with one attached hydrogen (secondary N) is 3. The van der Waals surface area contributed by atoms with Crippen molar-refractivity contribution < 1.29 is 14.3 Å². The second kappa shape index (κ2) is 5.42. The van der Waals surface area contributed by atoms with Crippen molar-refractivity contribution in [2.24, 2.45) is 0 Å². The largest absolute Gasteiger partial charge is 0.497 e. The molecule has 0 unspecified atom stereocenters. The number of amides is 2. The Morgan fingerprint density at radius 3 is 2.92 bits per heavy atom. The third-order valence-corrected chi connectivity index (χ3v) is 4.13. The van der Waals surface area contributed by atoms with E-state index in [9.17, 15) is 9.59 Å². The predicted octanol–water partition coefficient (Wildman–Crippen LogP) is 2.92. The Kier molecular flexibility index (Phi) is 3.23. The molecular weight excluding hydrogens is 306 g/mol. The van der Waals surface area contributed by atoms with Gasteiger partial charge in [-0.05, 0) is 29.8 Å². The first-order valence-corrected chi connectivity index (χ1v) is 7.53. The van der Waals surface area contributed by atoms with Gasteiger partial charge in [-0.2, -0.15) is 0 Å². The van der Waals surface area contributed by atoms with Crippen LogP contribution in [0.3, 0.4) is 0 Å². The van der Waals surface area contributed by atoms with Gasteiger partial charge in [-0.3, -0.25) is 9.59 Å². The second-order valence-electron chi connectivity index (χ2n) is 5.66. The summed E-state index contributed by atoms with van der Waals surface area (Å²) < 4.78 is 5.18. The van der Waals surface area contributed by atoms with Gasteiger partial charge < -0.3 is 20.4 Å². The lowest BCUT2D eigenvalue weighted by Crippen LogP contribution is -2.11. The predicted molar refractivity (Wildman–Crippen MR) is 91.6 cm³/mol. The Morgan fingerprint density at radius 1 is 1.21 bits per heavy atom. The summed E-state index contributed by atoms with van der Waals surface area (Å²) >= 11 is 0.